The minimum absolute atomic E-state index is 0.0639. The van der Waals surface area contributed by atoms with Crippen LogP contribution in [0.5, 0.6) is 0 Å². The maximum atomic E-state index is 12.2. The molecule has 4 nitrogen and oxygen atoms in total. The number of carbonyl (C=O) groups is 1. The predicted molar refractivity (Wildman–Crippen MR) is 77.8 cm³/mol. The van der Waals surface area contributed by atoms with Gasteiger partial charge in [-0.1, -0.05) is 0 Å². The average Bonchev–Trinajstić information content (AvgIpc) is 2.90. The van der Waals surface area contributed by atoms with Crippen molar-refractivity contribution in [3.05, 3.63) is 21.9 Å². The van der Waals surface area contributed by atoms with Crippen LogP contribution < -0.4 is 10.6 Å². The molecule has 1 amide bonds. The van der Waals surface area contributed by atoms with Crippen LogP contribution in [0.4, 0.5) is 0 Å². The summed E-state index contributed by atoms with van der Waals surface area (Å²) in [6.07, 6.45) is 3.24. The van der Waals surface area contributed by atoms with Gasteiger partial charge in [-0.15, -0.1) is 11.3 Å². The van der Waals surface area contributed by atoms with Crippen LogP contribution in [0.2, 0.25) is 0 Å². The average molecular weight is 282 g/mol. The van der Waals surface area contributed by atoms with Crippen LogP contribution in [0.3, 0.4) is 0 Å². The van der Waals surface area contributed by atoms with E-state index in [2.05, 4.69) is 22.1 Å². The molecule has 19 heavy (non-hydrogen) atoms. The van der Waals surface area contributed by atoms with Crippen molar-refractivity contribution >= 4 is 17.2 Å². The minimum Gasteiger partial charge on any atom is -0.383 e. The molecule has 0 spiro atoms. The third-order valence-electron chi connectivity index (χ3n) is 3.45. The molecule has 0 aromatic carbocycles. The normalized spacial score (nSPS) is 18.1. The third-order valence-corrected chi connectivity index (χ3v) is 4.45. The van der Waals surface area contributed by atoms with E-state index in [9.17, 15) is 4.79 Å². The van der Waals surface area contributed by atoms with Crippen molar-refractivity contribution < 1.29 is 9.53 Å². The van der Waals surface area contributed by atoms with Crippen LogP contribution in [0.15, 0.2) is 11.4 Å². The second kappa shape index (κ2) is 7.62. The lowest BCUT2D eigenvalue weighted by Gasteiger charge is -2.21. The first-order valence-corrected chi connectivity index (χ1v) is 7.74. The number of fused-ring (bicyclic) bond motifs is 1. The maximum absolute atomic E-state index is 12.2. The molecule has 1 aliphatic carbocycles. The van der Waals surface area contributed by atoms with Gasteiger partial charge in [0.25, 0.3) is 0 Å². The van der Waals surface area contributed by atoms with Gasteiger partial charge in [-0.2, -0.15) is 0 Å². The molecule has 2 rings (SSSR count). The molecule has 5 heteroatoms. The summed E-state index contributed by atoms with van der Waals surface area (Å²) in [7, 11) is 1.69. The van der Waals surface area contributed by atoms with E-state index in [0.717, 1.165) is 32.4 Å². The number of methoxy groups -OCH3 is 1. The topological polar surface area (TPSA) is 50.4 Å². The Morgan fingerprint density at radius 2 is 2.37 bits per heavy atom. The fourth-order valence-corrected chi connectivity index (χ4v) is 3.44. The van der Waals surface area contributed by atoms with E-state index in [0.29, 0.717) is 13.2 Å². The molecule has 0 radical (unpaired) electrons. The Balaban J connectivity index is 1.73. The molecule has 0 aliphatic heterocycles. The monoisotopic (exact) mass is 282 g/mol. The molecule has 0 fully saturated rings. The van der Waals surface area contributed by atoms with Crippen LogP contribution in [0, 0.1) is 0 Å². The number of hydrogen-bond acceptors (Lipinski definition) is 4. The highest BCUT2D eigenvalue weighted by molar-refractivity contribution is 7.10. The Morgan fingerprint density at radius 3 is 3.21 bits per heavy atom. The number of hydrogen-bond donors (Lipinski definition) is 2. The number of thiophene rings is 1. The van der Waals surface area contributed by atoms with E-state index >= 15 is 0 Å². The lowest BCUT2D eigenvalue weighted by molar-refractivity contribution is -0.122. The molecular formula is C14H22N2O2S. The quantitative estimate of drug-likeness (QED) is 0.746. The summed E-state index contributed by atoms with van der Waals surface area (Å²) in [6.45, 7) is 3.00. The highest BCUT2D eigenvalue weighted by Crippen LogP contribution is 2.34. The zero-order valence-corrected chi connectivity index (χ0v) is 12.2. The lowest BCUT2D eigenvalue weighted by atomic mass is 9.87. The highest BCUT2D eigenvalue weighted by atomic mass is 32.1. The molecule has 1 aromatic heterocycles. The Bertz CT molecular complexity index is 406. The molecule has 1 atom stereocenters. The van der Waals surface area contributed by atoms with E-state index in [4.69, 9.17) is 4.74 Å². The van der Waals surface area contributed by atoms with E-state index in [1.165, 1.54) is 10.4 Å². The van der Waals surface area contributed by atoms with Gasteiger partial charge >= 0.3 is 0 Å². The second-order valence-electron chi connectivity index (χ2n) is 4.78. The van der Waals surface area contributed by atoms with E-state index in [1.807, 2.05) is 0 Å². The van der Waals surface area contributed by atoms with Gasteiger partial charge < -0.3 is 15.4 Å². The number of amides is 1. The first kappa shape index (κ1) is 14.5. The summed E-state index contributed by atoms with van der Waals surface area (Å²) in [5.74, 6) is 0.238. The summed E-state index contributed by atoms with van der Waals surface area (Å²) in [4.78, 5) is 13.6. The van der Waals surface area contributed by atoms with Gasteiger partial charge in [0, 0.05) is 31.6 Å². The van der Waals surface area contributed by atoms with Crippen LogP contribution in [-0.4, -0.2) is 39.3 Å². The first-order valence-electron chi connectivity index (χ1n) is 6.86. The number of carbonyl (C=O) groups excluding carboxylic acids is 1. The van der Waals surface area contributed by atoms with Crippen molar-refractivity contribution in [1.82, 2.24) is 10.6 Å². The zero-order chi connectivity index (χ0) is 13.5. The Hall–Kier alpha value is -0.910. The van der Waals surface area contributed by atoms with Crippen molar-refractivity contribution in [2.24, 2.45) is 0 Å². The zero-order valence-electron chi connectivity index (χ0n) is 11.4. The fourth-order valence-electron chi connectivity index (χ4n) is 2.46. The molecule has 1 unspecified atom stereocenters. The molecule has 2 N–H and O–H groups in total. The van der Waals surface area contributed by atoms with Crippen LogP contribution >= 0.6 is 11.3 Å². The molecular weight excluding hydrogens is 260 g/mol. The summed E-state index contributed by atoms with van der Waals surface area (Å²) >= 11 is 1.78. The molecule has 0 bridgehead atoms. The SMILES string of the molecule is COCCNCCNC(=O)C1CCCc2sccc21. The van der Waals surface area contributed by atoms with Crippen molar-refractivity contribution in [2.75, 3.05) is 33.4 Å². The minimum atomic E-state index is 0.0639. The predicted octanol–water partition coefficient (Wildman–Crippen LogP) is 1.52. The first-order chi connectivity index (χ1) is 9.33. The second-order valence-corrected chi connectivity index (χ2v) is 5.78. The highest BCUT2D eigenvalue weighted by Gasteiger charge is 2.26. The van der Waals surface area contributed by atoms with Crippen molar-refractivity contribution in [2.45, 2.75) is 25.2 Å². The summed E-state index contributed by atoms with van der Waals surface area (Å²) in [6, 6.07) is 2.11. The van der Waals surface area contributed by atoms with Gasteiger partial charge in [-0.3, -0.25) is 4.79 Å². The largest absolute Gasteiger partial charge is 0.383 e. The fraction of sp³-hybridized carbons (Fsp3) is 0.643. The van der Waals surface area contributed by atoms with Crippen molar-refractivity contribution in [3.8, 4) is 0 Å². The number of nitrogens with one attached hydrogen (secondary N) is 2. The smallest absolute Gasteiger partial charge is 0.227 e. The number of rotatable bonds is 7. The summed E-state index contributed by atoms with van der Waals surface area (Å²) in [5, 5.41) is 8.34. The Kier molecular flexibility index (Phi) is 5.82. The number of ether oxygens (including phenoxy) is 1. The van der Waals surface area contributed by atoms with Crippen LogP contribution in [0.25, 0.3) is 0 Å². The Labute approximate surface area is 118 Å². The van der Waals surface area contributed by atoms with Crippen LogP contribution in [-0.2, 0) is 16.0 Å². The van der Waals surface area contributed by atoms with E-state index in [-0.39, 0.29) is 11.8 Å². The molecule has 0 saturated carbocycles. The summed E-state index contributed by atoms with van der Waals surface area (Å²) < 4.78 is 4.95. The molecule has 1 aromatic rings. The standard InChI is InChI=1S/C14H22N2O2S/c1-18-9-8-15-6-7-16-14(17)12-3-2-4-13-11(12)5-10-19-13/h5,10,12,15H,2-4,6-9H2,1H3,(H,16,17). The van der Waals surface area contributed by atoms with Gasteiger partial charge in [-0.25, -0.2) is 0 Å². The van der Waals surface area contributed by atoms with Crippen molar-refractivity contribution in [1.29, 1.82) is 0 Å². The lowest BCUT2D eigenvalue weighted by Crippen LogP contribution is -2.36. The van der Waals surface area contributed by atoms with Crippen LogP contribution in [0.1, 0.15) is 29.2 Å². The third kappa shape index (κ3) is 4.03. The molecule has 1 heterocycles. The van der Waals surface area contributed by atoms with Gasteiger partial charge in [0.2, 0.25) is 5.91 Å². The molecule has 0 saturated heterocycles. The van der Waals surface area contributed by atoms with Gasteiger partial charge in [0.05, 0.1) is 12.5 Å². The van der Waals surface area contributed by atoms with Gasteiger partial charge in [0.1, 0.15) is 0 Å². The van der Waals surface area contributed by atoms with E-state index < -0.39 is 0 Å². The Morgan fingerprint density at radius 1 is 1.47 bits per heavy atom. The van der Waals surface area contributed by atoms with E-state index in [1.54, 1.807) is 18.4 Å². The van der Waals surface area contributed by atoms with Crippen molar-refractivity contribution in [3.63, 3.8) is 0 Å². The maximum Gasteiger partial charge on any atom is 0.227 e. The molecule has 1 aliphatic rings. The molecule has 106 valence electrons. The number of aryl methyl sites for hydroxylation is 1. The van der Waals surface area contributed by atoms with Gasteiger partial charge in [-0.05, 0) is 36.3 Å². The van der Waals surface area contributed by atoms with Gasteiger partial charge in [0.15, 0.2) is 0 Å². The summed E-state index contributed by atoms with van der Waals surface area (Å²) in [5.41, 5.74) is 1.25.